The van der Waals surface area contributed by atoms with Gasteiger partial charge in [-0.1, -0.05) is 303 Å². The maximum Gasteiger partial charge on any atom is 0.136 e. The third kappa shape index (κ3) is 9.02. The van der Waals surface area contributed by atoms with Crippen LogP contribution in [0.2, 0.25) is 0 Å². The minimum absolute atomic E-state index is 0.911. The molecular weight excluding hydrogens is 1160 g/mol. The van der Waals surface area contributed by atoms with Gasteiger partial charge in [-0.05, 0) is 202 Å². The fourth-order valence-corrected chi connectivity index (χ4v) is 15.6. The largest absolute Gasteiger partial charge is 0.456 e. The molecule has 0 aliphatic carbocycles. The lowest BCUT2D eigenvalue weighted by molar-refractivity contribution is 0.668. The molecule has 0 saturated heterocycles. The second-order valence-electron chi connectivity index (χ2n) is 25.2. The molecule has 446 valence electrons. The highest BCUT2D eigenvalue weighted by molar-refractivity contribution is 6.29. The van der Waals surface area contributed by atoms with Gasteiger partial charge in [0.25, 0.3) is 0 Å². The van der Waals surface area contributed by atoms with E-state index in [4.69, 9.17) is 8.83 Å². The summed E-state index contributed by atoms with van der Waals surface area (Å²) >= 11 is 0. The summed E-state index contributed by atoms with van der Waals surface area (Å²) in [6, 6.07) is 127. The molecule has 0 spiro atoms. The zero-order valence-corrected chi connectivity index (χ0v) is 52.3. The molecule has 0 amide bonds. The van der Waals surface area contributed by atoms with Crippen molar-refractivity contribution in [2.45, 2.75) is 0 Å². The van der Waals surface area contributed by atoms with Crippen LogP contribution in [0.5, 0.6) is 0 Å². The van der Waals surface area contributed by atoms with E-state index in [1.54, 1.807) is 0 Å². The topological polar surface area (TPSA) is 26.3 Å². The maximum absolute atomic E-state index is 6.36. The molecule has 20 aromatic rings. The Kier molecular flexibility index (Phi) is 13.0. The lowest BCUT2D eigenvalue weighted by atomic mass is 9.83. The van der Waals surface area contributed by atoms with Gasteiger partial charge >= 0.3 is 0 Å². The molecular formula is C94H58O2. The van der Waals surface area contributed by atoms with E-state index in [2.05, 4.69) is 340 Å². The number of benzene rings is 18. The summed E-state index contributed by atoms with van der Waals surface area (Å²) in [5.74, 6) is 0. The van der Waals surface area contributed by atoms with Crippen molar-refractivity contribution in [3.05, 3.63) is 352 Å². The molecule has 0 atom stereocenters. The number of hydrogen-bond acceptors (Lipinski definition) is 2. The summed E-state index contributed by atoms with van der Waals surface area (Å²) < 4.78 is 12.7. The average Bonchev–Trinajstić information content (AvgIpc) is 0.768. The van der Waals surface area contributed by atoms with Gasteiger partial charge < -0.3 is 8.83 Å². The second-order valence-corrected chi connectivity index (χ2v) is 25.2. The first-order valence-corrected chi connectivity index (χ1v) is 33.0. The van der Waals surface area contributed by atoms with Crippen molar-refractivity contribution in [1.29, 1.82) is 0 Å². The van der Waals surface area contributed by atoms with E-state index in [9.17, 15) is 0 Å². The van der Waals surface area contributed by atoms with Crippen molar-refractivity contribution < 1.29 is 8.83 Å². The summed E-state index contributed by atoms with van der Waals surface area (Å²) in [5, 5.41) is 22.0. The molecule has 2 heteroatoms. The van der Waals surface area contributed by atoms with Crippen LogP contribution in [0.25, 0.3) is 197 Å². The highest BCUT2D eigenvalue weighted by Gasteiger charge is 2.24. The van der Waals surface area contributed by atoms with Gasteiger partial charge in [-0.25, -0.2) is 0 Å². The van der Waals surface area contributed by atoms with Gasteiger partial charge in [0.1, 0.15) is 22.3 Å². The molecule has 0 saturated carbocycles. The third-order valence-electron chi connectivity index (χ3n) is 19.9. The Bertz CT molecular complexity index is 6410. The first-order chi connectivity index (χ1) is 47.6. The molecule has 0 N–H and O–H groups in total. The zero-order valence-electron chi connectivity index (χ0n) is 52.3. The molecule has 2 heterocycles. The van der Waals surface area contributed by atoms with Gasteiger partial charge in [-0.3, -0.25) is 0 Å². The molecule has 2 nitrogen and oxygen atoms in total. The molecule has 0 bridgehead atoms. The Morgan fingerprint density at radius 1 is 0.146 bits per heavy atom. The summed E-state index contributed by atoms with van der Waals surface area (Å²) in [4.78, 5) is 0. The number of furan rings is 2. The van der Waals surface area contributed by atoms with Crippen LogP contribution in [0.1, 0.15) is 0 Å². The lowest BCUT2D eigenvalue weighted by Crippen LogP contribution is -1.92. The van der Waals surface area contributed by atoms with Crippen LogP contribution in [-0.2, 0) is 0 Å². The summed E-state index contributed by atoms with van der Waals surface area (Å²) in [6.07, 6.45) is 0. The molecule has 18 aromatic carbocycles. The van der Waals surface area contributed by atoms with E-state index in [-0.39, 0.29) is 0 Å². The Hall–Kier alpha value is -12.6. The van der Waals surface area contributed by atoms with Gasteiger partial charge in [0.15, 0.2) is 0 Å². The second kappa shape index (κ2) is 22.6. The first-order valence-electron chi connectivity index (χ1n) is 33.0. The number of rotatable bonds is 7. The Labute approximate surface area is 554 Å². The molecule has 0 radical (unpaired) electrons. The Balaban J connectivity index is 0.000000135. The van der Waals surface area contributed by atoms with E-state index < -0.39 is 0 Å². The normalized spacial score (nSPS) is 11.8. The van der Waals surface area contributed by atoms with Crippen LogP contribution in [0.15, 0.2) is 361 Å². The fourth-order valence-electron chi connectivity index (χ4n) is 15.6. The third-order valence-corrected chi connectivity index (χ3v) is 19.9. The van der Waals surface area contributed by atoms with Crippen molar-refractivity contribution >= 4 is 119 Å². The van der Waals surface area contributed by atoms with Gasteiger partial charge in [0.05, 0.1) is 0 Å². The van der Waals surface area contributed by atoms with Crippen LogP contribution in [0.3, 0.4) is 0 Å². The molecule has 2 aromatic heterocycles. The summed E-state index contributed by atoms with van der Waals surface area (Å²) in [6.45, 7) is 0. The number of fused-ring (bicyclic) bond motifs is 13. The SMILES string of the molecule is c1ccc(-c2cccc(-c3ccc4cccc(-c5c6ccccc6c(-c6cccc7oc8ccccc8c67)c6ccccc56)c4c3)c2)cc1.c1ccc2cc(-c3ccc4cccc(-c5c6ccccc6c(-c6cccc7oc8ccccc8c67)c6ccccc56)c4c3)ccc2c1. The highest BCUT2D eigenvalue weighted by atomic mass is 16.3. The van der Waals surface area contributed by atoms with E-state index >= 15 is 0 Å². The van der Waals surface area contributed by atoms with Gasteiger partial charge in [-0.2, -0.15) is 0 Å². The molecule has 0 aliphatic rings. The van der Waals surface area contributed by atoms with Gasteiger partial charge in [0.2, 0.25) is 0 Å². The summed E-state index contributed by atoms with van der Waals surface area (Å²) in [5.41, 5.74) is 20.9. The minimum Gasteiger partial charge on any atom is -0.456 e. The van der Waals surface area contributed by atoms with Crippen molar-refractivity contribution in [1.82, 2.24) is 0 Å². The monoisotopic (exact) mass is 1220 g/mol. The van der Waals surface area contributed by atoms with Crippen molar-refractivity contribution in [2.75, 3.05) is 0 Å². The van der Waals surface area contributed by atoms with Crippen LogP contribution in [0.4, 0.5) is 0 Å². The van der Waals surface area contributed by atoms with E-state index in [1.165, 1.54) is 153 Å². The first kappa shape index (κ1) is 55.1. The van der Waals surface area contributed by atoms with Crippen molar-refractivity contribution in [3.63, 3.8) is 0 Å². The Morgan fingerprint density at radius 3 is 0.896 bits per heavy atom. The van der Waals surface area contributed by atoms with E-state index in [0.29, 0.717) is 0 Å². The standard InChI is InChI=1S/C48H30O.C46H28O/c1-2-13-31(14-3-1)33-16-10-17-34(29-33)35-28-27-32-15-11-23-40(43(32)30-35)46-36-18-4-6-20-38(36)47(39-21-7-5-19-37(39)46)42-24-12-26-45-48(42)41-22-8-9-25-44(41)49-45;1-2-12-31-27-32(25-23-29(31)11-1)33-26-24-30-13-9-19-38(41(30)28-33)44-34-14-3-5-16-36(34)45(37-17-6-4-15-35(37)44)40-20-10-22-43-46(40)39-18-7-8-21-42(39)47-43/h1-30H;1-28H. The van der Waals surface area contributed by atoms with Crippen LogP contribution in [-0.4, -0.2) is 0 Å². The van der Waals surface area contributed by atoms with Gasteiger partial charge in [-0.15, -0.1) is 0 Å². The fraction of sp³-hybridized carbons (Fsp3) is 0. The van der Waals surface area contributed by atoms with E-state index in [0.717, 1.165) is 43.9 Å². The van der Waals surface area contributed by atoms with Crippen LogP contribution in [0, 0.1) is 0 Å². The minimum atomic E-state index is 0.911. The smallest absolute Gasteiger partial charge is 0.136 e. The number of hydrogen-bond donors (Lipinski definition) is 0. The van der Waals surface area contributed by atoms with Crippen molar-refractivity contribution in [3.8, 4) is 77.9 Å². The molecule has 0 unspecified atom stereocenters. The number of para-hydroxylation sites is 2. The summed E-state index contributed by atoms with van der Waals surface area (Å²) in [7, 11) is 0. The lowest BCUT2D eigenvalue weighted by Gasteiger charge is -2.19. The van der Waals surface area contributed by atoms with Crippen LogP contribution < -0.4 is 0 Å². The van der Waals surface area contributed by atoms with E-state index in [1.807, 2.05) is 12.1 Å². The van der Waals surface area contributed by atoms with Gasteiger partial charge in [0, 0.05) is 21.5 Å². The average molecular weight is 1220 g/mol. The molecule has 0 aliphatic heterocycles. The molecule has 0 fully saturated rings. The highest BCUT2D eigenvalue weighted by Crippen LogP contribution is 2.51. The zero-order chi connectivity index (χ0) is 63.2. The predicted molar refractivity (Wildman–Crippen MR) is 408 cm³/mol. The molecule has 20 rings (SSSR count). The van der Waals surface area contributed by atoms with Crippen LogP contribution >= 0.6 is 0 Å². The quantitative estimate of drug-likeness (QED) is 0.149. The van der Waals surface area contributed by atoms with Crippen molar-refractivity contribution in [2.24, 2.45) is 0 Å². The maximum atomic E-state index is 6.36. The predicted octanol–water partition coefficient (Wildman–Crippen LogP) is 26.9. The Morgan fingerprint density at radius 2 is 0.438 bits per heavy atom. The molecule has 96 heavy (non-hydrogen) atoms.